The number of carboxylic acid groups (broad SMARTS) is 1. The van der Waals surface area contributed by atoms with E-state index >= 15 is 24.0 Å². The summed E-state index contributed by atoms with van der Waals surface area (Å²) in [6.07, 6.45) is -10.2. The fourth-order valence-corrected chi connectivity index (χ4v) is 12.6. The maximum absolute atomic E-state index is 16.1. The van der Waals surface area contributed by atoms with Crippen LogP contribution in [-0.2, 0) is 54.3 Å². The zero-order chi connectivity index (χ0) is 70.7. The number of carboxylic acids is 1. The van der Waals surface area contributed by atoms with Gasteiger partial charge in [-0.25, -0.2) is 4.79 Å². The minimum absolute atomic E-state index is 0.0995. The maximum atomic E-state index is 16.1. The fraction of sp³-hybridized carbons (Fsp3) is 0.242. The summed E-state index contributed by atoms with van der Waals surface area (Å²) >= 11 is 14.0. The topological polar surface area (TPSA) is 495 Å². The highest BCUT2D eigenvalue weighted by molar-refractivity contribution is 6.32. The lowest BCUT2D eigenvalue weighted by Crippen LogP contribution is -2.65. The predicted molar refractivity (Wildman–Crippen MR) is 339 cm³/mol. The van der Waals surface area contributed by atoms with Gasteiger partial charge in [0.15, 0.2) is 35.3 Å². The van der Waals surface area contributed by atoms with Gasteiger partial charge in [-0.05, 0) is 101 Å². The molecule has 15 bridgehead atoms. The average Bonchev–Trinajstić information content (AvgIpc) is 0.950. The number of para-hydroxylation sites is 1. The van der Waals surface area contributed by atoms with Crippen molar-refractivity contribution in [3.8, 4) is 80.1 Å². The fourth-order valence-electron chi connectivity index (χ4n) is 12.2. The molecule has 514 valence electrons. The van der Waals surface area contributed by atoms with Gasteiger partial charge >= 0.3 is 5.97 Å². The maximum Gasteiger partial charge on any atom is 0.330 e. The second kappa shape index (κ2) is 27.0. The van der Waals surface area contributed by atoms with Crippen LogP contribution in [0.25, 0.3) is 11.1 Å². The molecule has 99 heavy (non-hydrogen) atoms. The number of fused-ring (bicyclic) bond motifs is 13. The van der Waals surface area contributed by atoms with Gasteiger partial charge in [0.05, 0.1) is 16.7 Å². The summed E-state index contributed by atoms with van der Waals surface area (Å²) in [5.74, 6) is -17.3. The minimum atomic E-state index is -2.38. The SMILES string of the molecule is CC(=O)NC1C(OC2c3ccc(c(Cl)c3)Oc3cc4cc(c3O)Oc3ccc(cc3Cl)CC3NC(=O)C(N)c5cccc(O)c5Oc5cc(O)cc(c5)C(NC3=O)C(=O)NC4C(=O)NC3C(=O)NC2C(=O)NC(C(=O)O)c2cc(O)cc(O)c2-c2cc3ccc2O)OC(CO)C(O)C1O. The smallest absolute Gasteiger partial charge is 0.330 e. The Labute approximate surface area is 567 Å². The molecule has 7 aromatic carbocycles. The molecule has 13 unspecified atom stereocenters. The van der Waals surface area contributed by atoms with Crippen molar-refractivity contribution in [2.75, 3.05) is 6.61 Å². The molecule has 1 fully saturated rings. The molecule has 7 heterocycles. The Morgan fingerprint density at radius 3 is 1.88 bits per heavy atom. The number of aromatic hydroxyl groups is 6. The van der Waals surface area contributed by atoms with Crippen LogP contribution in [-0.4, -0.2) is 148 Å². The normalized spacial score (nSPS) is 25.2. The number of nitrogens with two attached hydrogens (primary N) is 1. The number of ether oxygens (including phenoxy) is 5. The van der Waals surface area contributed by atoms with Gasteiger partial charge in [0.25, 0.3) is 0 Å². The first-order valence-electron chi connectivity index (χ1n) is 30.0. The Morgan fingerprint density at radius 2 is 1.22 bits per heavy atom. The summed E-state index contributed by atoms with van der Waals surface area (Å²) in [6.45, 7) is 0.0229. The third-order valence-corrected chi connectivity index (χ3v) is 17.6. The van der Waals surface area contributed by atoms with Crippen molar-refractivity contribution >= 4 is 70.5 Å². The Kier molecular flexibility index (Phi) is 18.5. The number of carbonyl (C=O) groups excluding carboxylic acids is 7. The Hall–Kier alpha value is -11.2. The van der Waals surface area contributed by atoms with Gasteiger partial charge in [0.1, 0.15) is 107 Å². The van der Waals surface area contributed by atoms with Gasteiger partial charge < -0.3 is 118 Å². The van der Waals surface area contributed by atoms with Gasteiger partial charge in [-0.3, -0.25) is 33.6 Å². The molecule has 31 nitrogen and oxygen atoms in total. The number of aliphatic carboxylic acids is 1. The van der Waals surface area contributed by atoms with Crippen molar-refractivity contribution in [2.45, 2.75) is 92.4 Å². The lowest BCUT2D eigenvalue weighted by molar-refractivity contribution is -0.284. The zero-order valence-corrected chi connectivity index (χ0v) is 52.5. The van der Waals surface area contributed by atoms with Crippen LogP contribution in [0.4, 0.5) is 0 Å². The Morgan fingerprint density at radius 1 is 0.596 bits per heavy atom. The number of benzene rings is 7. The Balaban J connectivity index is 1.10. The van der Waals surface area contributed by atoms with Crippen molar-refractivity contribution < 1.29 is 113 Å². The van der Waals surface area contributed by atoms with E-state index in [1.54, 1.807) is 0 Å². The van der Waals surface area contributed by atoms with E-state index < -0.39 is 213 Å². The van der Waals surface area contributed by atoms with E-state index in [-0.39, 0.29) is 55.8 Å². The number of aliphatic hydroxyl groups excluding tert-OH is 3. The summed E-state index contributed by atoms with van der Waals surface area (Å²) in [4.78, 5) is 119. The highest BCUT2D eigenvalue weighted by atomic mass is 35.5. The van der Waals surface area contributed by atoms with Crippen LogP contribution in [0.2, 0.25) is 10.0 Å². The molecule has 0 radical (unpaired) electrons. The van der Waals surface area contributed by atoms with Gasteiger partial charge in [-0.1, -0.05) is 53.5 Å². The third kappa shape index (κ3) is 13.4. The first-order chi connectivity index (χ1) is 47.1. The van der Waals surface area contributed by atoms with Crippen LogP contribution in [0.3, 0.4) is 0 Å². The minimum Gasteiger partial charge on any atom is -0.508 e. The molecule has 1 saturated heterocycles. The standard InChI is InChI=1S/C66H58Cl2N8O23/c1-23(78)70-52-56(86)55(85)45(22-77)98-66(52)99-57-26-7-10-42(36(68)16-26)97-44-18-28-17-43(54(44)84)96-41-9-5-24(11-35(41)67)12-37-59(87)72-49(27-13-29(79)19-31(14-27)95-58-32(3-2-4-39(58)82)47(69)60(88)71-37)62(90)74-50(28)63(91)73-48-25-6-8-38(81)33(15-25)46-34(20-30(80)21-40(46)83)51(65(93)94)75-64(92)53(57)76-61(48)89/h2-11,13-21,37,45,47-53,55-57,66,77,79-86H,12,22,69H2,1H3,(H,70,78)(H,71,88)(H,72,87)(H,73,91)(H,74,90)(H,75,92)(H,76,89)(H,93,94). The van der Waals surface area contributed by atoms with Crippen LogP contribution in [0, 0.1) is 0 Å². The molecule has 0 aliphatic carbocycles. The predicted octanol–water partition coefficient (Wildman–Crippen LogP) is 2.95. The van der Waals surface area contributed by atoms with Crippen molar-refractivity contribution in [2.24, 2.45) is 5.73 Å². The highest BCUT2D eigenvalue weighted by Crippen LogP contribution is 2.49. The first kappa shape index (κ1) is 67.8. The largest absolute Gasteiger partial charge is 0.508 e. The second-order valence-corrected chi connectivity index (χ2v) is 24.4. The average molecular weight is 1400 g/mol. The van der Waals surface area contributed by atoms with E-state index in [2.05, 4.69) is 37.2 Å². The van der Waals surface area contributed by atoms with Crippen molar-refractivity contribution in [3.05, 3.63) is 164 Å². The molecule has 7 amide bonds. The third-order valence-electron chi connectivity index (χ3n) is 17.0. The number of nitrogens with one attached hydrogen (secondary N) is 7. The Bertz CT molecular complexity index is 4520. The number of halogens is 2. The van der Waals surface area contributed by atoms with Crippen LogP contribution in [0.15, 0.2) is 115 Å². The molecule has 0 saturated carbocycles. The summed E-state index contributed by atoms with van der Waals surface area (Å²) in [7, 11) is 0. The molecule has 14 rings (SSSR count). The van der Waals surface area contributed by atoms with Gasteiger partial charge in [0, 0.05) is 47.7 Å². The molecule has 19 N–H and O–H groups in total. The number of hydrogen-bond acceptors (Lipinski definition) is 23. The number of hydrogen-bond donors (Lipinski definition) is 18. The molecular weight excluding hydrogens is 1340 g/mol. The van der Waals surface area contributed by atoms with E-state index in [1.165, 1.54) is 42.5 Å². The van der Waals surface area contributed by atoms with E-state index in [0.29, 0.717) is 0 Å². The summed E-state index contributed by atoms with van der Waals surface area (Å²) < 4.78 is 31.2. The number of phenols is 6. The number of phenolic OH excluding ortho intramolecular Hbond substituents is 6. The number of aliphatic hydroxyl groups is 3. The van der Waals surface area contributed by atoms with E-state index in [0.717, 1.165) is 79.7 Å². The number of carbonyl (C=O) groups is 8. The van der Waals surface area contributed by atoms with E-state index in [1.807, 2.05) is 0 Å². The van der Waals surface area contributed by atoms with Crippen LogP contribution < -0.4 is 57.2 Å². The quantitative estimate of drug-likeness (QED) is 0.118. The molecule has 13 atom stereocenters. The van der Waals surface area contributed by atoms with Crippen molar-refractivity contribution in [3.63, 3.8) is 0 Å². The number of amides is 7. The van der Waals surface area contributed by atoms with E-state index in [9.17, 15) is 65.4 Å². The summed E-state index contributed by atoms with van der Waals surface area (Å²) in [6, 6.07) is 4.97. The van der Waals surface area contributed by atoms with Crippen molar-refractivity contribution in [1.82, 2.24) is 37.2 Å². The highest BCUT2D eigenvalue weighted by Gasteiger charge is 2.49. The van der Waals surface area contributed by atoms with Gasteiger partial charge in [-0.15, -0.1) is 0 Å². The van der Waals surface area contributed by atoms with Gasteiger partial charge in [0.2, 0.25) is 47.1 Å². The molecular formula is C66H58Cl2N8O23. The molecule has 7 aliphatic rings. The number of rotatable bonds is 5. The molecule has 33 heteroatoms. The summed E-state index contributed by atoms with van der Waals surface area (Å²) in [5, 5.41) is 130. The van der Waals surface area contributed by atoms with Crippen LogP contribution >= 0.6 is 23.2 Å². The van der Waals surface area contributed by atoms with Crippen LogP contribution in [0.5, 0.6) is 69.0 Å². The molecule has 7 aliphatic heterocycles. The monoisotopic (exact) mass is 1400 g/mol. The first-order valence-corrected chi connectivity index (χ1v) is 30.8. The molecule has 0 spiro atoms. The van der Waals surface area contributed by atoms with E-state index in [4.69, 9.17) is 52.6 Å². The lowest BCUT2D eigenvalue weighted by Gasteiger charge is -2.44. The zero-order valence-electron chi connectivity index (χ0n) is 51.0. The van der Waals surface area contributed by atoms with Gasteiger partial charge in [-0.2, -0.15) is 0 Å². The second-order valence-electron chi connectivity index (χ2n) is 23.6. The summed E-state index contributed by atoms with van der Waals surface area (Å²) in [5.41, 5.74) is 3.70. The molecule has 0 aromatic heterocycles. The van der Waals surface area contributed by atoms with Crippen molar-refractivity contribution in [1.29, 1.82) is 0 Å². The lowest BCUT2D eigenvalue weighted by atomic mass is 9.89. The van der Waals surface area contributed by atoms with Crippen LogP contribution in [0.1, 0.15) is 82.2 Å². The molecule has 7 aromatic rings.